The maximum atomic E-state index is 12.0. The molecule has 0 unspecified atom stereocenters. The van der Waals surface area contributed by atoms with Crippen LogP contribution >= 0.6 is 11.3 Å². The Morgan fingerprint density at radius 1 is 1.42 bits per heavy atom. The van der Waals surface area contributed by atoms with Crippen molar-refractivity contribution in [2.24, 2.45) is 0 Å². The van der Waals surface area contributed by atoms with E-state index >= 15 is 0 Å². The van der Waals surface area contributed by atoms with Gasteiger partial charge in [-0.3, -0.25) is 0 Å². The van der Waals surface area contributed by atoms with E-state index in [1.165, 1.54) is 5.38 Å². The van der Waals surface area contributed by atoms with Gasteiger partial charge in [0.15, 0.2) is 0 Å². The molecule has 19 heavy (non-hydrogen) atoms. The van der Waals surface area contributed by atoms with E-state index in [1.807, 2.05) is 0 Å². The number of thiophene rings is 1. The molecule has 0 aromatic carbocycles. The lowest BCUT2D eigenvalue weighted by Crippen LogP contribution is -2.40. The van der Waals surface area contributed by atoms with Crippen LogP contribution < -0.4 is 4.72 Å². The molecule has 1 fully saturated rings. The van der Waals surface area contributed by atoms with Gasteiger partial charge in [0.25, 0.3) is 0 Å². The molecule has 0 saturated heterocycles. The van der Waals surface area contributed by atoms with Crippen LogP contribution in [0, 0.1) is 0 Å². The highest BCUT2D eigenvalue weighted by Gasteiger charge is 2.32. The summed E-state index contributed by atoms with van der Waals surface area (Å²) in [6.07, 6.45) is 2.94. The Bertz CT molecular complexity index is 572. The van der Waals surface area contributed by atoms with Crippen LogP contribution in [0.4, 0.5) is 0 Å². The number of rotatable bonds is 5. The Kier molecular flexibility index (Phi) is 3.95. The van der Waals surface area contributed by atoms with E-state index in [2.05, 4.69) is 4.72 Å². The summed E-state index contributed by atoms with van der Waals surface area (Å²) in [6, 6.07) is 1.12. The first-order valence-corrected chi connectivity index (χ1v) is 8.23. The van der Waals surface area contributed by atoms with E-state index in [4.69, 9.17) is 5.11 Å². The van der Waals surface area contributed by atoms with Gasteiger partial charge in [-0.2, -0.15) is 0 Å². The molecule has 6 nitrogen and oxygen atoms in total. The highest BCUT2D eigenvalue weighted by Crippen LogP contribution is 2.29. The highest BCUT2D eigenvalue weighted by molar-refractivity contribution is 7.89. The molecule has 1 heterocycles. The fraction of sp³-hybridized carbons (Fsp3) is 0.545. The molecule has 2 rings (SSSR count). The zero-order valence-corrected chi connectivity index (χ0v) is 11.8. The number of aromatic carboxylic acids is 1. The molecule has 3 N–H and O–H groups in total. The zero-order valence-electron chi connectivity index (χ0n) is 10.1. The summed E-state index contributed by atoms with van der Waals surface area (Å²) >= 11 is 0.861. The number of aliphatic hydroxyl groups is 1. The molecule has 1 aromatic rings. The topological polar surface area (TPSA) is 104 Å². The lowest BCUT2D eigenvalue weighted by molar-refractivity contribution is 0.0531. The van der Waals surface area contributed by atoms with Crippen LogP contribution in [0.25, 0.3) is 0 Å². The average molecular weight is 305 g/mol. The van der Waals surface area contributed by atoms with Gasteiger partial charge in [0.05, 0.1) is 10.5 Å². The van der Waals surface area contributed by atoms with Gasteiger partial charge in [-0.1, -0.05) is 12.8 Å². The quantitative estimate of drug-likeness (QED) is 0.754. The Morgan fingerprint density at radius 3 is 2.58 bits per heavy atom. The van der Waals surface area contributed by atoms with Gasteiger partial charge in [0, 0.05) is 11.9 Å². The van der Waals surface area contributed by atoms with Crippen molar-refractivity contribution in [3.8, 4) is 0 Å². The second-order valence-electron chi connectivity index (χ2n) is 4.71. The maximum Gasteiger partial charge on any atom is 0.345 e. The fourth-order valence-electron chi connectivity index (χ4n) is 2.09. The third-order valence-electron chi connectivity index (χ3n) is 3.22. The van der Waals surface area contributed by atoms with E-state index < -0.39 is 21.6 Å². The molecule has 1 saturated carbocycles. The number of carboxylic acid groups (broad SMARTS) is 1. The van der Waals surface area contributed by atoms with Crippen molar-refractivity contribution in [2.75, 3.05) is 6.54 Å². The normalized spacial score (nSPS) is 18.6. The smallest absolute Gasteiger partial charge is 0.345 e. The highest BCUT2D eigenvalue weighted by atomic mass is 32.2. The van der Waals surface area contributed by atoms with Crippen LogP contribution in [0.1, 0.15) is 35.4 Å². The molecule has 0 bridgehead atoms. The Labute approximate surface area is 115 Å². The predicted octanol–water partition coefficient (Wildman–Crippen LogP) is 1.03. The van der Waals surface area contributed by atoms with Crippen LogP contribution in [0.2, 0.25) is 0 Å². The third kappa shape index (κ3) is 3.33. The Morgan fingerprint density at radius 2 is 2.05 bits per heavy atom. The number of carbonyl (C=O) groups is 1. The van der Waals surface area contributed by atoms with Gasteiger partial charge in [0.2, 0.25) is 10.0 Å². The van der Waals surface area contributed by atoms with Gasteiger partial charge in [-0.05, 0) is 18.9 Å². The maximum absolute atomic E-state index is 12.0. The summed E-state index contributed by atoms with van der Waals surface area (Å²) in [4.78, 5) is 10.6. The number of carboxylic acids is 1. The zero-order chi connectivity index (χ0) is 14.1. The fourth-order valence-corrected chi connectivity index (χ4v) is 4.33. The first-order valence-electron chi connectivity index (χ1n) is 5.86. The molecule has 0 spiro atoms. The van der Waals surface area contributed by atoms with E-state index in [-0.39, 0.29) is 16.3 Å². The van der Waals surface area contributed by atoms with Gasteiger partial charge in [0.1, 0.15) is 4.88 Å². The summed E-state index contributed by atoms with van der Waals surface area (Å²) in [5.74, 6) is -1.15. The van der Waals surface area contributed by atoms with Crippen molar-refractivity contribution in [2.45, 2.75) is 36.2 Å². The van der Waals surface area contributed by atoms with Crippen molar-refractivity contribution in [3.05, 3.63) is 16.3 Å². The molecular formula is C11H15NO5S2. The molecular weight excluding hydrogens is 290 g/mol. The molecule has 0 atom stereocenters. The molecule has 8 heteroatoms. The van der Waals surface area contributed by atoms with Crippen LogP contribution in [-0.2, 0) is 10.0 Å². The van der Waals surface area contributed by atoms with E-state index in [0.717, 1.165) is 30.2 Å². The molecule has 0 amide bonds. The first-order chi connectivity index (χ1) is 8.82. The average Bonchev–Trinajstić information content (AvgIpc) is 2.96. The standard InChI is InChI=1S/C11H15NO5S2/c13-10(14)9-5-8(6-18-9)19(16,17)12-7-11(15)3-1-2-4-11/h5-6,12,15H,1-4,7H2,(H,13,14). The van der Waals surface area contributed by atoms with Crippen molar-refractivity contribution < 1.29 is 23.4 Å². The SMILES string of the molecule is O=C(O)c1cc(S(=O)(=O)NCC2(O)CCCC2)cs1. The molecule has 0 radical (unpaired) electrons. The summed E-state index contributed by atoms with van der Waals surface area (Å²) in [6.45, 7) is -0.0341. The lowest BCUT2D eigenvalue weighted by atomic mass is 10.0. The lowest BCUT2D eigenvalue weighted by Gasteiger charge is -2.22. The Balaban J connectivity index is 2.07. The Hall–Kier alpha value is -0.960. The molecule has 1 aromatic heterocycles. The minimum Gasteiger partial charge on any atom is -0.477 e. The summed E-state index contributed by atoms with van der Waals surface area (Å²) in [5, 5.41) is 20.1. The summed E-state index contributed by atoms with van der Waals surface area (Å²) < 4.78 is 26.3. The second-order valence-corrected chi connectivity index (χ2v) is 7.39. The van der Waals surface area contributed by atoms with Crippen LogP contribution in [0.15, 0.2) is 16.3 Å². The summed E-state index contributed by atoms with van der Waals surface area (Å²) in [5.41, 5.74) is -0.973. The van der Waals surface area contributed by atoms with E-state index in [0.29, 0.717) is 12.8 Å². The minimum absolute atomic E-state index is 0.0278. The number of sulfonamides is 1. The van der Waals surface area contributed by atoms with E-state index in [1.54, 1.807) is 0 Å². The minimum atomic E-state index is -3.76. The van der Waals surface area contributed by atoms with Gasteiger partial charge in [-0.25, -0.2) is 17.9 Å². The van der Waals surface area contributed by atoms with Gasteiger partial charge in [-0.15, -0.1) is 11.3 Å². The predicted molar refractivity (Wildman–Crippen MR) is 69.9 cm³/mol. The van der Waals surface area contributed by atoms with E-state index in [9.17, 15) is 18.3 Å². The van der Waals surface area contributed by atoms with Crippen LogP contribution in [0.5, 0.6) is 0 Å². The molecule has 1 aliphatic rings. The molecule has 1 aliphatic carbocycles. The summed E-state index contributed by atoms with van der Waals surface area (Å²) in [7, 11) is -3.76. The van der Waals surface area contributed by atoms with Crippen LogP contribution in [-0.4, -0.2) is 36.7 Å². The monoisotopic (exact) mass is 305 g/mol. The largest absolute Gasteiger partial charge is 0.477 e. The molecule has 106 valence electrons. The number of nitrogens with one attached hydrogen (secondary N) is 1. The molecule has 0 aliphatic heterocycles. The van der Waals surface area contributed by atoms with Crippen molar-refractivity contribution in [1.82, 2.24) is 4.72 Å². The third-order valence-corrected chi connectivity index (χ3v) is 5.67. The van der Waals surface area contributed by atoms with Gasteiger partial charge < -0.3 is 10.2 Å². The second kappa shape index (κ2) is 5.20. The number of hydrogen-bond acceptors (Lipinski definition) is 5. The van der Waals surface area contributed by atoms with Crippen LogP contribution in [0.3, 0.4) is 0 Å². The van der Waals surface area contributed by atoms with Crippen molar-refractivity contribution in [3.63, 3.8) is 0 Å². The number of hydrogen-bond donors (Lipinski definition) is 3. The van der Waals surface area contributed by atoms with Crippen molar-refractivity contribution in [1.29, 1.82) is 0 Å². The first kappa shape index (κ1) is 14.4. The van der Waals surface area contributed by atoms with Gasteiger partial charge >= 0.3 is 5.97 Å². The van der Waals surface area contributed by atoms with Crippen molar-refractivity contribution >= 4 is 27.3 Å².